The molecule has 2 bridgehead atoms. The van der Waals surface area contributed by atoms with Crippen LogP contribution in [0.1, 0.15) is 81.6 Å². The van der Waals surface area contributed by atoms with E-state index < -0.39 is 32.6 Å². The van der Waals surface area contributed by atoms with Crippen LogP contribution in [0.25, 0.3) is 0 Å². The van der Waals surface area contributed by atoms with Crippen LogP contribution >= 0.6 is 11.8 Å². The molecule has 2 heterocycles. The molecule has 6 aliphatic rings. The normalized spacial score (nSPS) is 25.0. The fraction of sp³-hybridized carbons (Fsp3) is 0.553. The van der Waals surface area contributed by atoms with Gasteiger partial charge in [-0.2, -0.15) is 13.2 Å². The monoisotopic (exact) mass is 879 g/mol. The highest BCUT2D eigenvalue weighted by Crippen LogP contribution is 2.77. The number of rotatable bonds is 15. The van der Waals surface area contributed by atoms with E-state index in [-0.39, 0.29) is 17.3 Å². The summed E-state index contributed by atoms with van der Waals surface area (Å²) in [5.74, 6) is -0.417. The third-order valence-electron chi connectivity index (χ3n) is 13.7. The molecule has 2 aliphatic heterocycles. The highest BCUT2D eigenvalue weighted by molar-refractivity contribution is 7.99. The summed E-state index contributed by atoms with van der Waals surface area (Å²) in [5, 5.41) is 3.09. The second-order valence-electron chi connectivity index (χ2n) is 19.2. The van der Waals surface area contributed by atoms with Crippen molar-refractivity contribution in [2.24, 2.45) is 16.2 Å². The highest BCUT2D eigenvalue weighted by atomic mass is 32.2. The van der Waals surface area contributed by atoms with E-state index in [4.69, 9.17) is 4.74 Å². The number of nitrogens with one attached hydrogen (secondary N) is 2. The first-order chi connectivity index (χ1) is 29.0. The van der Waals surface area contributed by atoms with Gasteiger partial charge in [0.25, 0.3) is 15.9 Å². The Bertz CT molecular complexity index is 2170. The molecule has 0 unspecified atom stereocenters. The van der Waals surface area contributed by atoms with Crippen molar-refractivity contribution in [2.45, 2.75) is 87.7 Å². The third kappa shape index (κ3) is 10.3. The molecule has 0 aromatic heterocycles. The van der Waals surface area contributed by atoms with Gasteiger partial charge in [-0.05, 0) is 116 Å². The average molecular weight is 880 g/mol. The second-order valence-corrected chi connectivity index (χ2v) is 22.0. The number of hydrogen-bond acceptors (Lipinski definition) is 9. The van der Waals surface area contributed by atoms with Gasteiger partial charge in [0.05, 0.1) is 23.7 Å². The number of alkyl halides is 3. The largest absolute Gasteiger partial charge is 0.418 e. The number of hydrogen-bond donors (Lipinski definition) is 2. The van der Waals surface area contributed by atoms with Crippen LogP contribution in [0.5, 0.6) is 0 Å². The highest BCUT2D eigenvalue weighted by Gasteiger charge is 2.66. The molecule has 1 atom stereocenters. The summed E-state index contributed by atoms with van der Waals surface area (Å²) < 4.78 is 78.1. The number of morpholine rings is 1. The lowest BCUT2D eigenvalue weighted by molar-refractivity contribution is -0.166. The number of amides is 1. The van der Waals surface area contributed by atoms with Crippen molar-refractivity contribution in [1.29, 1.82) is 0 Å². The van der Waals surface area contributed by atoms with Crippen LogP contribution < -0.4 is 14.9 Å². The average Bonchev–Trinajstić information content (AvgIpc) is 3.21. The summed E-state index contributed by atoms with van der Waals surface area (Å²) >= 11 is 1.54. The summed E-state index contributed by atoms with van der Waals surface area (Å²) in [6.45, 7) is 15.2. The molecule has 14 heteroatoms. The van der Waals surface area contributed by atoms with E-state index in [0.29, 0.717) is 54.2 Å². The van der Waals surface area contributed by atoms with Gasteiger partial charge in [-0.1, -0.05) is 50.1 Å². The van der Waals surface area contributed by atoms with Gasteiger partial charge < -0.3 is 15.0 Å². The molecule has 61 heavy (non-hydrogen) atoms. The summed E-state index contributed by atoms with van der Waals surface area (Å²) in [6.07, 6.45) is 3.49. The number of ether oxygens (including phenoxy) is 1. The van der Waals surface area contributed by atoms with Gasteiger partial charge in [0.1, 0.15) is 0 Å². The number of piperazine rings is 1. The molecule has 0 spiro atoms. The smallest absolute Gasteiger partial charge is 0.381 e. The van der Waals surface area contributed by atoms with Crippen LogP contribution in [0.2, 0.25) is 0 Å². The predicted molar refractivity (Wildman–Crippen MR) is 237 cm³/mol. The summed E-state index contributed by atoms with van der Waals surface area (Å²) in [4.78, 5) is 20.7. The first kappa shape index (κ1) is 44.1. The molecule has 9 nitrogen and oxygen atoms in total. The maximum atomic E-state index is 14.6. The zero-order valence-corrected chi connectivity index (χ0v) is 37.3. The number of thioether (sulfide) groups is 1. The first-order valence-corrected chi connectivity index (χ1v) is 24.3. The minimum atomic E-state index is -4.86. The van der Waals surface area contributed by atoms with E-state index in [1.807, 2.05) is 35.1 Å². The van der Waals surface area contributed by atoms with E-state index in [2.05, 4.69) is 40.8 Å². The summed E-state index contributed by atoms with van der Waals surface area (Å²) in [7, 11) is -4.64. The number of allylic oxidation sites excluding steroid dienone is 1. The Morgan fingerprint density at radius 1 is 0.885 bits per heavy atom. The lowest BCUT2D eigenvalue weighted by Crippen LogP contribution is -2.61. The molecule has 3 aromatic rings. The molecule has 9 rings (SSSR count). The van der Waals surface area contributed by atoms with Gasteiger partial charge >= 0.3 is 6.18 Å². The quantitative estimate of drug-likeness (QED) is 0.115. The van der Waals surface area contributed by atoms with Crippen LogP contribution in [0.3, 0.4) is 0 Å². The van der Waals surface area contributed by atoms with Gasteiger partial charge in [0.2, 0.25) is 0 Å². The fourth-order valence-electron chi connectivity index (χ4n) is 10.7. The van der Waals surface area contributed by atoms with Gasteiger partial charge in [-0.25, -0.2) is 13.1 Å². The molecule has 3 saturated carbocycles. The van der Waals surface area contributed by atoms with Crippen molar-refractivity contribution in [1.82, 2.24) is 14.5 Å². The van der Waals surface area contributed by atoms with Gasteiger partial charge in [-0.15, -0.1) is 11.8 Å². The number of carbonyl (C=O) groups is 1. The van der Waals surface area contributed by atoms with E-state index >= 15 is 0 Å². The first-order valence-electron chi connectivity index (χ1n) is 21.8. The standard InChI is InChI=1S/C47H60F3N5O4S2/c1-44(2)17-15-40(46-31-45(3,32-46)33-46)35(28-44)29-54-19-21-55(22-20-54)37-11-9-34(10-12-37)43(56)52-61(57,58)39-13-14-42(41(27-39)47(48,49)50)51-36(16-18-53-23-25-59-26-24-53)30-60-38-7-5-4-6-8-38/h4-14,27,36,51H,15-26,28-33H2,1-3H3,(H,52,56)/t36-,45?,46?/m1/s1. The van der Waals surface area contributed by atoms with Crippen LogP contribution in [0.15, 0.2) is 93.7 Å². The van der Waals surface area contributed by atoms with Crippen molar-refractivity contribution < 1.29 is 31.1 Å². The van der Waals surface area contributed by atoms with Crippen LogP contribution in [-0.2, 0) is 20.9 Å². The topological polar surface area (TPSA) is 94.2 Å². The fourth-order valence-corrected chi connectivity index (χ4v) is 12.7. The lowest BCUT2D eigenvalue weighted by atomic mass is 9.33. The number of nitrogens with zero attached hydrogens (tertiary/aromatic N) is 3. The zero-order valence-electron chi connectivity index (χ0n) is 35.7. The number of halogens is 3. The number of carbonyl (C=O) groups excluding carboxylic acids is 1. The van der Waals surface area contributed by atoms with Crippen LogP contribution in [0, 0.1) is 16.2 Å². The van der Waals surface area contributed by atoms with E-state index in [1.54, 1.807) is 47.2 Å². The summed E-state index contributed by atoms with van der Waals surface area (Å²) in [5.41, 5.74) is 4.57. The minimum Gasteiger partial charge on any atom is -0.381 e. The Labute approximate surface area is 363 Å². The third-order valence-corrected chi connectivity index (χ3v) is 16.2. The molecular weight excluding hydrogens is 820 g/mol. The number of anilines is 2. The molecule has 5 fully saturated rings. The Kier molecular flexibility index (Phi) is 12.7. The molecule has 0 radical (unpaired) electrons. The van der Waals surface area contributed by atoms with Crippen LogP contribution in [0.4, 0.5) is 24.5 Å². The minimum absolute atomic E-state index is 0.0983. The molecule has 330 valence electrons. The number of sulfonamides is 1. The molecule has 1 amide bonds. The van der Waals surface area contributed by atoms with Gasteiger partial charge in [0, 0.05) is 86.0 Å². The SMILES string of the molecule is CC1(C)CCC(C23CC(C)(C2)C3)=C(CN2CCN(c3ccc(C(=O)NS(=O)(=O)c4ccc(N[C@H](CCN5CCOCC5)CSc5ccccc5)c(C(F)(F)F)c4)cc3)CC2)C1. The molecule has 2 saturated heterocycles. The van der Waals surface area contributed by atoms with Gasteiger partial charge in [-0.3, -0.25) is 14.6 Å². The second kappa shape index (κ2) is 17.5. The van der Waals surface area contributed by atoms with Crippen molar-refractivity contribution >= 4 is 39.1 Å². The Morgan fingerprint density at radius 2 is 1.57 bits per heavy atom. The maximum Gasteiger partial charge on any atom is 0.418 e. The van der Waals surface area contributed by atoms with Crippen molar-refractivity contribution in [3.05, 3.63) is 95.1 Å². The van der Waals surface area contributed by atoms with E-state index in [0.717, 1.165) is 68.5 Å². The van der Waals surface area contributed by atoms with E-state index in [1.165, 1.54) is 38.5 Å². The lowest BCUT2D eigenvalue weighted by Gasteiger charge is -2.72. The zero-order chi connectivity index (χ0) is 43.0. The molecule has 3 aromatic carbocycles. The predicted octanol–water partition coefficient (Wildman–Crippen LogP) is 8.94. The Hall–Kier alpha value is -3.56. The molecule has 2 N–H and O–H groups in total. The van der Waals surface area contributed by atoms with Crippen molar-refractivity contribution in [2.75, 3.05) is 81.5 Å². The molecule has 4 aliphatic carbocycles. The van der Waals surface area contributed by atoms with Gasteiger partial charge in [0.15, 0.2) is 0 Å². The maximum absolute atomic E-state index is 14.6. The number of benzene rings is 3. The van der Waals surface area contributed by atoms with Crippen molar-refractivity contribution in [3.8, 4) is 0 Å². The summed E-state index contributed by atoms with van der Waals surface area (Å²) in [6, 6.07) is 18.9. The van der Waals surface area contributed by atoms with Crippen LogP contribution in [-0.4, -0.2) is 101 Å². The molecular formula is C47H60F3N5O4S2. The van der Waals surface area contributed by atoms with E-state index in [9.17, 15) is 26.4 Å². The Balaban J connectivity index is 0.887. The van der Waals surface area contributed by atoms with Crippen molar-refractivity contribution in [3.63, 3.8) is 0 Å². The Morgan fingerprint density at radius 3 is 2.23 bits per heavy atom.